The summed E-state index contributed by atoms with van der Waals surface area (Å²) in [5, 5.41) is 2.65. The molecule has 0 spiro atoms. The van der Waals surface area contributed by atoms with Crippen LogP contribution < -0.4 is 5.32 Å². The van der Waals surface area contributed by atoms with Crippen molar-refractivity contribution in [3.63, 3.8) is 0 Å². The smallest absolute Gasteiger partial charge is 0.320 e. The summed E-state index contributed by atoms with van der Waals surface area (Å²) in [5.41, 5.74) is -1.14. The van der Waals surface area contributed by atoms with Crippen LogP contribution in [0.25, 0.3) is 0 Å². The molecule has 0 unspecified atom stereocenters. The average molecular weight is 217 g/mol. The first-order chi connectivity index (χ1) is 6.96. The molecule has 5 nitrogen and oxygen atoms in total. The quantitative estimate of drug-likeness (QED) is 0.396. The topological polar surface area (TPSA) is 64.6 Å². The fourth-order valence-electron chi connectivity index (χ4n) is 0.987. The molecule has 0 rings (SSSR count). The van der Waals surface area contributed by atoms with Gasteiger partial charge < -0.3 is 14.8 Å². The first-order valence-corrected chi connectivity index (χ1v) is 4.82. The van der Waals surface area contributed by atoms with Gasteiger partial charge in [0.2, 0.25) is 5.91 Å². The maximum Gasteiger partial charge on any atom is 0.320 e. The van der Waals surface area contributed by atoms with Gasteiger partial charge in [-0.3, -0.25) is 9.59 Å². The van der Waals surface area contributed by atoms with Crippen molar-refractivity contribution < 1.29 is 19.1 Å². The molecule has 0 saturated carbocycles. The Hall–Kier alpha value is -1.10. The summed E-state index contributed by atoms with van der Waals surface area (Å²) >= 11 is 0. The molecule has 0 heterocycles. The van der Waals surface area contributed by atoms with Gasteiger partial charge in [0.1, 0.15) is 5.41 Å². The van der Waals surface area contributed by atoms with Crippen LogP contribution in [0.1, 0.15) is 20.3 Å². The Bertz CT molecular complexity index is 225. The lowest BCUT2D eigenvalue weighted by atomic mass is 9.92. The van der Waals surface area contributed by atoms with E-state index >= 15 is 0 Å². The van der Waals surface area contributed by atoms with E-state index in [4.69, 9.17) is 4.74 Å². The molecule has 0 radical (unpaired) electrons. The van der Waals surface area contributed by atoms with E-state index < -0.39 is 11.4 Å². The fourth-order valence-corrected chi connectivity index (χ4v) is 0.987. The lowest BCUT2D eigenvalue weighted by Gasteiger charge is -2.20. The summed E-state index contributed by atoms with van der Waals surface area (Å²) in [6.07, 6.45) is 0.722. The van der Waals surface area contributed by atoms with Gasteiger partial charge in [0.25, 0.3) is 0 Å². The molecule has 0 atom stereocenters. The third-order valence-electron chi connectivity index (χ3n) is 2.07. The normalized spacial score (nSPS) is 10.9. The lowest BCUT2D eigenvalue weighted by Crippen LogP contribution is -2.43. The number of ether oxygens (including phenoxy) is 2. The molecule has 0 aliphatic heterocycles. The van der Waals surface area contributed by atoms with Gasteiger partial charge in [-0.05, 0) is 20.3 Å². The summed E-state index contributed by atoms with van der Waals surface area (Å²) in [6.45, 7) is 4.14. The lowest BCUT2D eigenvalue weighted by molar-refractivity contribution is -0.156. The van der Waals surface area contributed by atoms with Gasteiger partial charge in [-0.1, -0.05) is 0 Å². The monoisotopic (exact) mass is 217 g/mol. The Kier molecular flexibility index (Phi) is 5.93. The molecule has 1 N–H and O–H groups in total. The van der Waals surface area contributed by atoms with Crippen molar-refractivity contribution in [2.75, 3.05) is 27.4 Å². The van der Waals surface area contributed by atoms with Crippen LogP contribution in [0, 0.1) is 5.41 Å². The van der Waals surface area contributed by atoms with Crippen LogP contribution in [-0.4, -0.2) is 39.2 Å². The van der Waals surface area contributed by atoms with E-state index in [0.717, 1.165) is 6.42 Å². The van der Waals surface area contributed by atoms with Gasteiger partial charge in [0.15, 0.2) is 0 Å². The van der Waals surface area contributed by atoms with E-state index in [0.29, 0.717) is 13.2 Å². The molecule has 0 saturated heterocycles. The van der Waals surface area contributed by atoms with Crippen LogP contribution in [0.15, 0.2) is 0 Å². The number of carbonyl (C=O) groups excluding carboxylic acids is 2. The van der Waals surface area contributed by atoms with Crippen molar-refractivity contribution in [2.45, 2.75) is 20.3 Å². The molecule has 0 aromatic heterocycles. The molecule has 0 fully saturated rings. The number of hydrogen-bond acceptors (Lipinski definition) is 4. The number of hydrogen-bond donors (Lipinski definition) is 1. The van der Waals surface area contributed by atoms with Crippen LogP contribution in [0.3, 0.4) is 0 Å². The number of carbonyl (C=O) groups is 2. The zero-order chi connectivity index (χ0) is 11.9. The van der Waals surface area contributed by atoms with Crippen LogP contribution >= 0.6 is 0 Å². The molecule has 0 aliphatic rings. The predicted octanol–water partition coefficient (Wildman–Crippen LogP) is 0.338. The average Bonchev–Trinajstić information content (AvgIpc) is 2.22. The highest BCUT2D eigenvalue weighted by molar-refractivity contribution is 6.01. The third kappa shape index (κ3) is 4.29. The second kappa shape index (κ2) is 6.40. The maximum atomic E-state index is 11.6. The molecular formula is C10H19NO4. The predicted molar refractivity (Wildman–Crippen MR) is 55.3 cm³/mol. The van der Waals surface area contributed by atoms with E-state index in [-0.39, 0.29) is 5.91 Å². The zero-order valence-corrected chi connectivity index (χ0v) is 9.75. The van der Waals surface area contributed by atoms with E-state index in [2.05, 4.69) is 10.1 Å². The highest BCUT2D eigenvalue weighted by atomic mass is 16.5. The summed E-state index contributed by atoms with van der Waals surface area (Å²) in [6, 6.07) is 0. The number of amides is 1. The molecule has 0 aromatic rings. The minimum atomic E-state index is -1.14. The minimum absolute atomic E-state index is 0.328. The first kappa shape index (κ1) is 13.9. The molecule has 0 aromatic carbocycles. The van der Waals surface area contributed by atoms with Gasteiger partial charge in [-0.25, -0.2) is 0 Å². The van der Waals surface area contributed by atoms with Crippen molar-refractivity contribution in [1.82, 2.24) is 5.32 Å². The molecule has 1 amide bonds. The Morgan fingerprint density at radius 3 is 2.33 bits per heavy atom. The van der Waals surface area contributed by atoms with E-state index in [9.17, 15) is 9.59 Å². The van der Waals surface area contributed by atoms with Gasteiger partial charge in [0.05, 0.1) is 7.11 Å². The van der Waals surface area contributed by atoms with Gasteiger partial charge >= 0.3 is 5.97 Å². The van der Waals surface area contributed by atoms with Crippen molar-refractivity contribution in [1.29, 1.82) is 0 Å². The van der Waals surface area contributed by atoms with Crippen molar-refractivity contribution in [3.05, 3.63) is 0 Å². The van der Waals surface area contributed by atoms with E-state index in [1.807, 2.05) is 0 Å². The van der Waals surface area contributed by atoms with E-state index in [1.54, 1.807) is 7.11 Å². The molecular weight excluding hydrogens is 198 g/mol. The highest BCUT2D eigenvalue weighted by Gasteiger charge is 2.36. The van der Waals surface area contributed by atoms with Crippen LogP contribution in [0.4, 0.5) is 0 Å². The number of rotatable bonds is 6. The Morgan fingerprint density at radius 2 is 1.87 bits per heavy atom. The SMILES string of the molecule is COCCCNC(=O)C(C)(C)C(=O)OC. The van der Waals surface area contributed by atoms with Crippen LogP contribution in [0.5, 0.6) is 0 Å². The number of esters is 1. The van der Waals surface area contributed by atoms with Crippen LogP contribution in [-0.2, 0) is 19.1 Å². The molecule has 0 bridgehead atoms. The van der Waals surface area contributed by atoms with Crippen molar-refractivity contribution >= 4 is 11.9 Å². The number of nitrogens with one attached hydrogen (secondary N) is 1. The first-order valence-electron chi connectivity index (χ1n) is 4.82. The van der Waals surface area contributed by atoms with Crippen LogP contribution in [0.2, 0.25) is 0 Å². The summed E-state index contributed by atoms with van der Waals surface area (Å²) in [4.78, 5) is 22.8. The van der Waals surface area contributed by atoms with E-state index in [1.165, 1.54) is 21.0 Å². The second-order valence-electron chi connectivity index (χ2n) is 3.72. The Morgan fingerprint density at radius 1 is 1.27 bits per heavy atom. The minimum Gasteiger partial charge on any atom is -0.468 e. The second-order valence-corrected chi connectivity index (χ2v) is 3.72. The Balaban J connectivity index is 4.03. The van der Waals surface area contributed by atoms with Gasteiger partial charge in [0, 0.05) is 20.3 Å². The van der Waals surface area contributed by atoms with Crippen molar-refractivity contribution in [2.24, 2.45) is 5.41 Å². The largest absolute Gasteiger partial charge is 0.468 e. The third-order valence-corrected chi connectivity index (χ3v) is 2.07. The maximum absolute atomic E-state index is 11.6. The molecule has 88 valence electrons. The van der Waals surface area contributed by atoms with Gasteiger partial charge in [-0.15, -0.1) is 0 Å². The molecule has 5 heteroatoms. The summed E-state index contributed by atoms with van der Waals surface area (Å²) in [5.74, 6) is -0.864. The standard InChI is InChI=1S/C10H19NO4/c1-10(2,9(13)15-4)8(12)11-6-5-7-14-3/h5-7H2,1-4H3,(H,11,12). The summed E-state index contributed by atoms with van der Waals surface area (Å²) in [7, 11) is 2.86. The fraction of sp³-hybridized carbons (Fsp3) is 0.800. The molecule has 15 heavy (non-hydrogen) atoms. The summed E-state index contributed by atoms with van der Waals surface area (Å²) < 4.78 is 9.37. The number of methoxy groups -OCH3 is 2. The molecule has 0 aliphatic carbocycles. The van der Waals surface area contributed by atoms with Crippen molar-refractivity contribution in [3.8, 4) is 0 Å². The zero-order valence-electron chi connectivity index (χ0n) is 9.75. The Labute approximate surface area is 90.1 Å². The van der Waals surface area contributed by atoms with Gasteiger partial charge in [-0.2, -0.15) is 0 Å². The highest BCUT2D eigenvalue weighted by Crippen LogP contribution is 2.16.